The molecule has 0 aliphatic carbocycles. The maximum absolute atomic E-state index is 13.3. The molecule has 0 atom stereocenters. The smallest absolute Gasteiger partial charge is 0.145 e. The molecule has 0 radical (unpaired) electrons. The molecule has 26 heavy (non-hydrogen) atoms. The molecule has 0 aliphatic rings. The third kappa shape index (κ3) is 3.17. The summed E-state index contributed by atoms with van der Waals surface area (Å²) < 4.78 is 15.3. The summed E-state index contributed by atoms with van der Waals surface area (Å²) in [6.07, 6.45) is 5.44. The third-order valence-electron chi connectivity index (χ3n) is 4.09. The molecule has 3 nitrogen and oxygen atoms in total. The highest BCUT2D eigenvalue weighted by molar-refractivity contribution is 7.79. The standard InChI is InChI=1S/C21H14FN3S/c22-18-7-5-17(6-8-18)21-24-20(16-3-1-15(14-26)2-4-16)13-25(21)19-9-11-23-12-10-19/h1-14H. The summed E-state index contributed by atoms with van der Waals surface area (Å²) in [7, 11) is 0. The minimum atomic E-state index is -0.272. The number of halogens is 1. The lowest BCUT2D eigenvalue weighted by molar-refractivity contribution is 0.628. The number of hydrogen-bond donors (Lipinski definition) is 0. The Labute approximate surface area is 155 Å². The topological polar surface area (TPSA) is 30.7 Å². The number of imidazole rings is 1. The van der Waals surface area contributed by atoms with Gasteiger partial charge in [0.15, 0.2) is 0 Å². The van der Waals surface area contributed by atoms with E-state index in [1.54, 1.807) is 29.9 Å². The molecule has 126 valence electrons. The highest BCUT2D eigenvalue weighted by Gasteiger charge is 2.13. The van der Waals surface area contributed by atoms with Crippen LogP contribution >= 0.6 is 12.2 Å². The van der Waals surface area contributed by atoms with Gasteiger partial charge in [0.05, 0.1) is 11.4 Å². The van der Waals surface area contributed by atoms with Gasteiger partial charge in [-0.15, -0.1) is 0 Å². The van der Waals surface area contributed by atoms with E-state index in [0.717, 1.165) is 33.9 Å². The summed E-state index contributed by atoms with van der Waals surface area (Å²) in [5.41, 5.74) is 4.58. The normalized spacial score (nSPS) is 10.7. The molecule has 0 bridgehead atoms. The van der Waals surface area contributed by atoms with Gasteiger partial charge >= 0.3 is 0 Å². The molecule has 0 unspecified atom stereocenters. The Kier molecular flexibility index (Phi) is 4.37. The van der Waals surface area contributed by atoms with Gasteiger partial charge in [0, 0.05) is 35.1 Å². The zero-order chi connectivity index (χ0) is 17.9. The monoisotopic (exact) mass is 359 g/mol. The Balaban J connectivity index is 1.86. The van der Waals surface area contributed by atoms with E-state index in [9.17, 15) is 4.39 Å². The van der Waals surface area contributed by atoms with E-state index < -0.39 is 0 Å². The van der Waals surface area contributed by atoms with Crippen LogP contribution in [0.15, 0.2) is 79.3 Å². The molecule has 0 spiro atoms. The Morgan fingerprint density at radius 1 is 0.846 bits per heavy atom. The van der Waals surface area contributed by atoms with Crippen LogP contribution in [0.25, 0.3) is 28.3 Å². The van der Waals surface area contributed by atoms with Gasteiger partial charge in [-0.2, -0.15) is 0 Å². The van der Waals surface area contributed by atoms with Crippen molar-refractivity contribution in [3.63, 3.8) is 0 Å². The summed E-state index contributed by atoms with van der Waals surface area (Å²) >= 11 is 4.96. The van der Waals surface area contributed by atoms with Gasteiger partial charge < -0.3 is 0 Å². The maximum Gasteiger partial charge on any atom is 0.145 e. The number of pyridine rings is 1. The van der Waals surface area contributed by atoms with E-state index in [4.69, 9.17) is 17.2 Å². The van der Waals surface area contributed by atoms with Crippen LogP contribution in [-0.2, 0) is 0 Å². The van der Waals surface area contributed by atoms with Crippen molar-refractivity contribution in [2.75, 3.05) is 0 Å². The number of hydrogen-bond acceptors (Lipinski definition) is 3. The van der Waals surface area contributed by atoms with Crippen molar-refractivity contribution < 1.29 is 4.39 Å². The molecular weight excluding hydrogens is 345 g/mol. The Morgan fingerprint density at radius 2 is 1.50 bits per heavy atom. The minimum absolute atomic E-state index is 0.272. The van der Waals surface area contributed by atoms with Crippen LogP contribution in [0.1, 0.15) is 5.56 Å². The second-order valence-corrected chi connectivity index (χ2v) is 6.01. The van der Waals surface area contributed by atoms with Crippen LogP contribution < -0.4 is 0 Å². The first-order valence-electron chi connectivity index (χ1n) is 8.06. The molecule has 0 saturated carbocycles. The molecule has 0 saturated heterocycles. The molecular formula is C21H14FN3S. The highest BCUT2D eigenvalue weighted by atomic mass is 32.1. The van der Waals surface area contributed by atoms with Gasteiger partial charge in [0.2, 0.25) is 0 Å². The first kappa shape index (κ1) is 16.3. The molecule has 0 N–H and O–H groups in total. The Morgan fingerprint density at radius 3 is 2.15 bits per heavy atom. The van der Waals surface area contributed by atoms with Crippen LogP contribution in [0.5, 0.6) is 0 Å². The summed E-state index contributed by atoms with van der Waals surface area (Å²) in [4.78, 5) is 8.87. The van der Waals surface area contributed by atoms with E-state index in [0.29, 0.717) is 0 Å². The van der Waals surface area contributed by atoms with Crippen LogP contribution in [0.4, 0.5) is 4.39 Å². The first-order valence-corrected chi connectivity index (χ1v) is 8.53. The molecule has 4 aromatic rings. The summed E-state index contributed by atoms with van der Waals surface area (Å²) in [5, 5.41) is 1.64. The van der Waals surface area contributed by atoms with Crippen LogP contribution in [0.3, 0.4) is 0 Å². The molecule has 5 heteroatoms. The first-order chi connectivity index (χ1) is 12.7. The second kappa shape index (κ2) is 6.98. The van der Waals surface area contributed by atoms with Crippen molar-refractivity contribution in [3.8, 4) is 28.3 Å². The predicted molar refractivity (Wildman–Crippen MR) is 105 cm³/mol. The number of thiocarbonyl (C=S) groups is 1. The molecule has 4 rings (SSSR count). The van der Waals surface area contributed by atoms with Crippen molar-refractivity contribution in [2.45, 2.75) is 0 Å². The van der Waals surface area contributed by atoms with Gasteiger partial charge in [-0.3, -0.25) is 9.55 Å². The molecule has 2 heterocycles. The van der Waals surface area contributed by atoms with Gasteiger partial charge in [0.1, 0.15) is 11.6 Å². The van der Waals surface area contributed by atoms with Crippen molar-refractivity contribution >= 4 is 17.6 Å². The van der Waals surface area contributed by atoms with Gasteiger partial charge in [0.25, 0.3) is 0 Å². The van der Waals surface area contributed by atoms with Crippen molar-refractivity contribution in [3.05, 3.63) is 90.6 Å². The lowest BCUT2D eigenvalue weighted by Gasteiger charge is -2.07. The van der Waals surface area contributed by atoms with E-state index >= 15 is 0 Å². The van der Waals surface area contributed by atoms with Crippen LogP contribution in [-0.4, -0.2) is 19.9 Å². The van der Waals surface area contributed by atoms with Gasteiger partial charge in [-0.1, -0.05) is 36.5 Å². The SMILES string of the molecule is Fc1ccc(-c2nc(-c3ccc(C=S)cc3)cn2-c2ccncc2)cc1. The zero-order valence-electron chi connectivity index (χ0n) is 13.7. The average molecular weight is 359 g/mol. The van der Waals surface area contributed by atoms with E-state index in [1.807, 2.05) is 47.2 Å². The molecule has 2 aromatic carbocycles. The van der Waals surface area contributed by atoms with Gasteiger partial charge in [-0.05, 0) is 42.0 Å². The highest BCUT2D eigenvalue weighted by Crippen LogP contribution is 2.28. The predicted octanol–water partition coefficient (Wildman–Crippen LogP) is 5.09. The average Bonchev–Trinajstić information content (AvgIpc) is 3.15. The number of benzene rings is 2. The van der Waals surface area contributed by atoms with Crippen molar-refractivity contribution in [2.24, 2.45) is 0 Å². The summed E-state index contributed by atoms with van der Waals surface area (Å²) in [6.45, 7) is 0. The number of aromatic nitrogens is 3. The molecule has 0 aliphatic heterocycles. The van der Waals surface area contributed by atoms with Crippen LogP contribution in [0.2, 0.25) is 0 Å². The van der Waals surface area contributed by atoms with E-state index in [2.05, 4.69) is 4.98 Å². The largest absolute Gasteiger partial charge is 0.299 e. The van der Waals surface area contributed by atoms with E-state index in [1.165, 1.54) is 12.1 Å². The Hall–Kier alpha value is -3.18. The second-order valence-electron chi connectivity index (χ2n) is 5.77. The lowest BCUT2D eigenvalue weighted by atomic mass is 10.1. The fourth-order valence-corrected chi connectivity index (χ4v) is 2.91. The molecule has 0 fully saturated rings. The fraction of sp³-hybridized carbons (Fsp3) is 0. The Bertz CT molecular complexity index is 1040. The quantitative estimate of drug-likeness (QED) is 0.476. The number of nitrogens with zero attached hydrogens (tertiary/aromatic N) is 3. The number of rotatable bonds is 4. The van der Waals surface area contributed by atoms with Gasteiger partial charge in [-0.25, -0.2) is 9.37 Å². The van der Waals surface area contributed by atoms with E-state index in [-0.39, 0.29) is 5.82 Å². The fourth-order valence-electron chi connectivity index (χ4n) is 2.76. The maximum atomic E-state index is 13.3. The van der Waals surface area contributed by atoms with Crippen molar-refractivity contribution in [1.82, 2.24) is 14.5 Å². The van der Waals surface area contributed by atoms with Crippen LogP contribution in [0, 0.1) is 5.82 Å². The zero-order valence-corrected chi connectivity index (χ0v) is 14.5. The third-order valence-corrected chi connectivity index (χ3v) is 4.36. The summed E-state index contributed by atoms with van der Waals surface area (Å²) in [6, 6.07) is 18.1. The molecule has 2 aromatic heterocycles. The summed E-state index contributed by atoms with van der Waals surface area (Å²) in [5.74, 6) is 0.469. The molecule has 0 amide bonds. The lowest BCUT2D eigenvalue weighted by Crippen LogP contribution is -1.96. The minimum Gasteiger partial charge on any atom is -0.299 e. The van der Waals surface area contributed by atoms with Crippen molar-refractivity contribution in [1.29, 1.82) is 0 Å².